The molecule has 1 N–H and O–H groups in total. The summed E-state index contributed by atoms with van der Waals surface area (Å²) in [6.45, 7) is 1.43. The Bertz CT molecular complexity index is 697. The molecule has 0 aromatic heterocycles. The number of nitrogens with zero attached hydrogens (tertiary/aromatic N) is 1. The van der Waals surface area contributed by atoms with Gasteiger partial charge in [0.2, 0.25) is 11.6 Å². The maximum absolute atomic E-state index is 12.0. The van der Waals surface area contributed by atoms with Gasteiger partial charge in [-0.1, -0.05) is 23.2 Å². The zero-order valence-corrected chi connectivity index (χ0v) is 12.7. The Balaban J connectivity index is 2.21. The molecule has 108 valence electrons. The zero-order chi connectivity index (χ0) is 15.4. The third-order valence-corrected chi connectivity index (χ3v) is 3.39. The van der Waals surface area contributed by atoms with Gasteiger partial charge >= 0.3 is 0 Å². The molecule has 0 saturated heterocycles. The fourth-order valence-electron chi connectivity index (χ4n) is 1.69. The van der Waals surface area contributed by atoms with Gasteiger partial charge in [-0.15, -0.1) is 0 Å². The van der Waals surface area contributed by atoms with E-state index in [1.807, 2.05) is 0 Å². The highest BCUT2D eigenvalue weighted by atomic mass is 35.5. The number of amides is 1. The third-order valence-electron chi connectivity index (χ3n) is 2.66. The van der Waals surface area contributed by atoms with Crippen LogP contribution < -0.4 is 5.32 Å². The van der Waals surface area contributed by atoms with E-state index in [-0.39, 0.29) is 5.91 Å². The van der Waals surface area contributed by atoms with E-state index in [0.717, 1.165) is 0 Å². The first kappa shape index (κ1) is 15.4. The smallest absolute Gasteiger partial charge is 0.221 e. The normalized spacial score (nSPS) is 11.3. The van der Waals surface area contributed by atoms with E-state index in [0.29, 0.717) is 31.7 Å². The molecule has 0 radical (unpaired) electrons. The highest BCUT2D eigenvalue weighted by Gasteiger charge is 2.06. The molecule has 0 aliphatic heterocycles. The van der Waals surface area contributed by atoms with Crippen molar-refractivity contribution in [2.45, 2.75) is 6.92 Å². The van der Waals surface area contributed by atoms with Crippen LogP contribution in [0.3, 0.4) is 0 Å². The SMILES string of the molecule is CC(=O)Nc1ccc(C=[N+]([O-])c2ccc(Cl)c(Cl)c2)cc1. The van der Waals surface area contributed by atoms with Gasteiger partial charge in [-0.25, -0.2) is 0 Å². The van der Waals surface area contributed by atoms with Crippen molar-refractivity contribution < 1.29 is 9.53 Å². The van der Waals surface area contributed by atoms with Crippen LogP contribution in [0.1, 0.15) is 12.5 Å². The van der Waals surface area contributed by atoms with Crippen molar-refractivity contribution >= 4 is 46.7 Å². The highest BCUT2D eigenvalue weighted by molar-refractivity contribution is 6.42. The number of hydrogen-bond acceptors (Lipinski definition) is 2. The molecule has 4 nitrogen and oxygen atoms in total. The first-order valence-corrected chi connectivity index (χ1v) is 6.85. The van der Waals surface area contributed by atoms with E-state index >= 15 is 0 Å². The van der Waals surface area contributed by atoms with E-state index in [1.165, 1.54) is 19.2 Å². The Morgan fingerprint density at radius 1 is 1.14 bits per heavy atom. The Hall–Kier alpha value is -2.04. The minimum absolute atomic E-state index is 0.145. The number of rotatable bonds is 3. The summed E-state index contributed by atoms with van der Waals surface area (Å²) in [5.41, 5.74) is 1.76. The van der Waals surface area contributed by atoms with E-state index in [2.05, 4.69) is 5.32 Å². The van der Waals surface area contributed by atoms with Gasteiger partial charge in [-0.2, -0.15) is 4.74 Å². The van der Waals surface area contributed by atoms with Crippen LogP contribution in [0, 0.1) is 5.21 Å². The molecule has 6 heteroatoms. The molecule has 0 heterocycles. The van der Waals surface area contributed by atoms with E-state index in [1.54, 1.807) is 36.4 Å². The van der Waals surface area contributed by atoms with Crippen molar-refractivity contribution in [2.75, 3.05) is 5.32 Å². The van der Waals surface area contributed by atoms with Crippen LogP contribution in [0.5, 0.6) is 0 Å². The van der Waals surface area contributed by atoms with Crippen LogP contribution in [-0.2, 0) is 4.79 Å². The van der Waals surface area contributed by atoms with E-state index in [4.69, 9.17) is 23.2 Å². The second kappa shape index (κ2) is 6.61. The summed E-state index contributed by atoms with van der Waals surface area (Å²) in [5.74, 6) is -0.145. The summed E-state index contributed by atoms with van der Waals surface area (Å²) < 4.78 is 0.704. The molecule has 0 spiro atoms. The molecule has 0 saturated carbocycles. The third kappa shape index (κ3) is 4.21. The quantitative estimate of drug-likeness (QED) is 0.398. The van der Waals surface area contributed by atoms with Crippen molar-refractivity contribution in [1.82, 2.24) is 0 Å². The number of hydrogen-bond donors (Lipinski definition) is 1. The number of carbonyl (C=O) groups excluding carboxylic acids is 1. The van der Waals surface area contributed by atoms with Gasteiger partial charge < -0.3 is 10.5 Å². The average Bonchev–Trinajstić information content (AvgIpc) is 2.43. The fraction of sp³-hybridized carbons (Fsp3) is 0.0667. The topological polar surface area (TPSA) is 55.2 Å². The van der Waals surface area contributed by atoms with Crippen LogP contribution in [0.15, 0.2) is 42.5 Å². The van der Waals surface area contributed by atoms with Gasteiger partial charge in [-0.05, 0) is 30.3 Å². The van der Waals surface area contributed by atoms with Crippen molar-refractivity contribution in [3.05, 3.63) is 63.3 Å². The van der Waals surface area contributed by atoms with Crippen molar-refractivity contribution in [3.8, 4) is 0 Å². The lowest BCUT2D eigenvalue weighted by Gasteiger charge is -2.05. The molecular formula is C15H12Cl2N2O2. The summed E-state index contributed by atoms with van der Waals surface area (Å²) in [4.78, 5) is 10.9. The zero-order valence-electron chi connectivity index (χ0n) is 11.1. The first-order chi connectivity index (χ1) is 9.95. The Morgan fingerprint density at radius 2 is 1.81 bits per heavy atom. The van der Waals surface area contributed by atoms with Crippen LogP contribution in [-0.4, -0.2) is 16.9 Å². The lowest BCUT2D eigenvalue weighted by Crippen LogP contribution is -2.05. The molecule has 0 fully saturated rings. The van der Waals surface area contributed by atoms with Gasteiger partial charge in [0.1, 0.15) is 0 Å². The minimum Gasteiger partial charge on any atom is -0.618 e. The summed E-state index contributed by atoms with van der Waals surface area (Å²) in [7, 11) is 0. The summed E-state index contributed by atoms with van der Waals surface area (Å²) in [6, 6.07) is 11.5. The number of anilines is 1. The minimum atomic E-state index is -0.145. The maximum atomic E-state index is 12.0. The van der Waals surface area contributed by atoms with Gasteiger partial charge in [0, 0.05) is 30.3 Å². The van der Waals surface area contributed by atoms with Crippen LogP contribution in [0.2, 0.25) is 10.0 Å². The van der Waals surface area contributed by atoms with E-state index in [9.17, 15) is 10.0 Å². The lowest BCUT2D eigenvalue weighted by atomic mass is 10.2. The Labute approximate surface area is 132 Å². The van der Waals surface area contributed by atoms with Gasteiger partial charge in [0.25, 0.3) is 0 Å². The van der Waals surface area contributed by atoms with Gasteiger partial charge in [0.05, 0.1) is 10.0 Å². The Morgan fingerprint density at radius 3 is 2.38 bits per heavy atom. The van der Waals surface area contributed by atoms with Crippen molar-refractivity contribution in [1.29, 1.82) is 0 Å². The highest BCUT2D eigenvalue weighted by Crippen LogP contribution is 2.26. The van der Waals surface area contributed by atoms with Crippen LogP contribution in [0.4, 0.5) is 11.4 Å². The van der Waals surface area contributed by atoms with Crippen LogP contribution >= 0.6 is 23.2 Å². The molecule has 2 aromatic carbocycles. The largest absolute Gasteiger partial charge is 0.618 e. The first-order valence-electron chi connectivity index (χ1n) is 6.09. The molecule has 0 aliphatic carbocycles. The second-order valence-corrected chi connectivity index (χ2v) is 5.17. The molecule has 0 bridgehead atoms. The van der Waals surface area contributed by atoms with Gasteiger partial charge in [0.15, 0.2) is 6.21 Å². The lowest BCUT2D eigenvalue weighted by molar-refractivity contribution is -0.354. The number of nitrogens with one attached hydrogen (secondary N) is 1. The van der Waals surface area contributed by atoms with E-state index < -0.39 is 0 Å². The number of halogens is 2. The summed E-state index contributed by atoms with van der Waals surface area (Å²) in [6.07, 6.45) is 1.41. The monoisotopic (exact) mass is 322 g/mol. The molecule has 2 aromatic rings. The molecule has 2 rings (SSSR count). The summed E-state index contributed by atoms with van der Waals surface area (Å²) in [5, 5.41) is 15.4. The standard InChI is InChI=1S/C15H12Cl2N2O2/c1-10(20)18-12-4-2-11(3-5-12)9-19(21)13-6-7-14(16)15(17)8-13/h2-9H,1H3,(H,18,20). The molecular weight excluding hydrogens is 311 g/mol. The molecule has 0 atom stereocenters. The predicted octanol–water partition coefficient (Wildman–Crippen LogP) is 4.21. The Kier molecular flexibility index (Phi) is 4.83. The average molecular weight is 323 g/mol. The second-order valence-electron chi connectivity index (χ2n) is 4.36. The molecule has 1 amide bonds. The fourth-order valence-corrected chi connectivity index (χ4v) is 1.98. The summed E-state index contributed by atoms with van der Waals surface area (Å²) >= 11 is 11.7. The molecule has 21 heavy (non-hydrogen) atoms. The van der Waals surface area contributed by atoms with Crippen molar-refractivity contribution in [3.63, 3.8) is 0 Å². The van der Waals surface area contributed by atoms with Crippen molar-refractivity contribution in [2.24, 2.45) is 0 Å². The number of benzene rings is 2. The maximum Gasteiger partial charge on any atom is 0.221 e. The molecule has 0 unspecified atom stereocenters. The molecule has 0 aliphatic rings. The number of carbonyl (C=O) groups is 1. The van der Waals surface area contributed by atoms with Gasteiger partial charge in [-0.3, -0.25) is 4.79 Å². The predicted molar refractivity (Wildman–Crippen MR) is 85.7 cm³/mol. The van der Waals surface area contributed by atoms with Crippen LogP contribution in [0.25, 0.3) is 0 Å².